The van der Waals surface area contributed by atoms with E-state index in [0.717, 1.165) is 0 Å². The van der Waals surface area contributed by atoms with Crippen molar-refractivity contribution in [3.63, 3.8) is 0 Å². The Kier molecular flexibility index (Phi) is 7.93. The van der Waals surface area contributed by atoms with Gasteiger partial charge < -0.3 is 4.90 Å². The van der Waals surface area contributed by atoms with Crippen LogP contribution in [0, 0.1) is 6.92 Å². The quantitative estimate of drug-likeness (QED) is 0.317. The minimum Gasteiger partial charge on any atom is -0.345 e. The molecule has 0 bridgehead atoms. The van der Waals surface area contributed by atoms with Crippen LogP contribution in [0.2, 0.25) is 0 Å². The molecule has 3 rings (SSSR count). The Morgan fingerprint density at radius 2 is 1.28 bits per heavy atom. The van der Waals surface area contributed by atoms with Crippen LogP contribution in [0.5, 0.6) is 0 Å². The third-order valence-electron chi connectivity index (χ3n) is 5.76. The van der Waals surface area contributed by atoms with Crippen LogP contribution >= 0.6 is 0 Å². The summed E-state index contributed by atoms with van der Waals surface area (Å²) >= 11 is 0. The average Bonchev–Trinajstić information content (AvgIpc) is 2.76. The molecule has 0 saturated heterocycles. The summed E-state index contributed by atoms with van der Waals surface area (Å²) in [6.45, 7) is 4.40. The molecule has 0 unspecified atom stereocenters. The van der Waals surface area contributed by atoms with Gasteiger partial charge in [0, 0.05) is 18.4 Å². The van der Waals surface area contributed by atoms with E-state index < -0.39 is 0 Å². The molecule has 0 atom stereocenters. The molecular weight excluding hydrogens is 350 g/mol. The second-order valence-electron chi connectivity index (χ2n) is 8.16. The summed E-state index contributed by atoms with van der Waals surface area (Å²) in [7, 11) is 2.16. The molecule has 29 heavy (non-hydrogen) atoms. The lowest BCUT2D eigenvalue weighted by Gasteiger charge is -2.21. The number of anilines is 2. The topological polar surface area (TPSA) is 3.24 Å². The summed E-state index contributed by atoms with van der Waals surface area (Å²) in [6.07, 6.45) is 9.28. The van der Waals surface area contributed by atoms with Crippen LogP contribution in [0.3, 0.4) is 0 Å². The van der Waals surface area contributed by atoms with Crippen LogP contribution in [0.1, 0.15) is 56.6 Å². The van der Waals surface area contributed by atoms with Gasteiger partial charge in [-0.15, -0.1) is 0 Å². The maximum Gasteiger partial charge on any atom is 0.0410 e. The van der Waals surface area contributed by atoms with E-state index in [1.165, 1.54) is 78.6 Å². The Balaban J connectivity index is 1.61. The molecular formula is C28H35N. The summed E-state index contributed by atoms with van der Waals surface area (Å²) in [4.78, 5) is 2.28. The zero-order chi connectivity index (χ0) is 20.5. The lowest BCUT2D eigenvalue weighted by Crippen LogP contribution is -2.09. The Labute approximate surface area is 177 Å². The fraction of sp³-hybridized carbons (Fsp3) is 0.357. The third-order valence-corrected chi connectivity index (χ3v) is 5.76. The molecule has 0 saturated carbocycles. The van der Waals surface area contributed by atoms with Crippen molar-refractivity contribution in [1.82, 2.24) is 0 Å². The highest BCUT2D eigenvalue weighted by Crippen LogP contribution is 2.28. The van der Waals surface area contributed by atoms with Crippen molar-refractivity contribution in [1.29, 1.82) is 0 Å². The summed E-state index contributed by atoms with van der Waals surface area (Å²) < 4.78 is 0. The van der Waals surface area contributed by atoms with E-state index in [0.29, 0.717) is 0 Å². The van der Waals surface area contributed by atoms with Crippen LogP contribution in [0.15, 0.2) is 72.8 Å². The molecule has 0 aliphatic carbocycles. The summed E-state index contributed by atoms with van der Waals surface area (Å²) in [5.41, 5.74) is 7.76. The Morgan fingerprint density at radius 1 is 0.655 bits per heavy atom. The number of aryl methyl sites for hydroxylation is 2. The van der Waals surface area contributed by atoms with Crippen LogP contribution in [-0.2, 0) is 6.42 Å². The SMILES string of the molecule is CCCCCCCCc1cccc(N(C)c2ccc(-c3ccc(C)cc3)cc2)c1. The minimum absolute atomic E-state index is 1.18. The standard InChI is InChI=1S/C28H35N/c1-4-5-6-7-8-9-11-24-12-10-13-28(22-24)29(3)27-20-18-26(19-21-27)25-16-14-23(2)15-17-25/h10,12-22H,4-9,11H2,1-3H3. The van der Waals surface area contributed by atoms with Gasteiger partial charge in [-0.25, -0.2) is 0 Å². The largest absolute Gasteiger partial charge is 0.345 e. The molecule has 0 amide bonds. The first-order valence-corrected chi connectivity index (χ1v) is 11.2. The zero-order valence-corrected chi connectivity index (χ0v) is 18.3. The number of unbranched alkanes of at least 4 members (excludes halogenated alkanes) is 5. The number of hydrogen-bond acceptors (Lipinski definition) is 1. The molecule has 0 heterocycles. The van der Waals surface area contributed by atoms with Crippen molar-refractivity contribution in [2.75, 3.05) is 11.9 Å². The van der Waals surface area contributed by atoms with Crippen LogP contribution in [0.4, 0.5) is 11.4 Å². The van der Waals surface area contributed by atoms with Gasteiger partial charge in [-0.2, -0.15) is 0 Å². The fourth-order valence-corrected chi connectivity index (χ4v) is 3.80. The van der Waals surface area contributed by atoms with Crippen molar-refractivity contribution in [3.05, 3.63) is 83.9 Å². The lowest BCUT2D eigenvalue weighted by atomic mass is 10.0. The minimum atomic E-state index is 1.18. The molecule has 1 nitrogen and oxygen atoms in total. The zero-order valence-electron chi connectivity index (χ0n) is 18.3. The van der Waals surface area contributed by atoms with E-state index in [-0.39, 0.29) is 0 Å². The van der Waals surface area contributed by atoms with Crippen molar-refractivity contribution in [2.45, 2.75) is 58.8 Å². The van der Waals surface area contributed by atoms with Gasteiger partial charge in [0.05, 0.1) is 0 Å². The van der Waals surface area contributed by atoms with Crippen molar-refractivity contribution >= 4 is 11.4 Å². The highest BCUT2D eigenvalue weighted by Gasteiger charge is 2.06. The molecule has 0 aliphatic rings. The van der Waals surface area contributed by atoms with E-state index in [4.69, 9.17) is 0 Å². The number of hydrogen-bond donors (Lipinski definition) is 0. The average molecular weight is 386 g/mol. The van der Waals surface area contributed by atoms with E-state index in [9.17, 15) is 0 Å². The first kappa shape index (κ1) is 21.2. The highest BCUT2D eigenvalue weighted by atomic mass is 15.1. The Hall–Kier alpha value is -2.54. The third kappa shape index (κ3) is 6.22. The summed E-state index contributed by atoms with van der Waals surface area (Å²) in [5, 5.41) is 0. The van der Waals surface area contributed by atoms with E-state index in [1.807, 2.05) is 0 Å². The van der Waals surface area contributed by atoms with Crippen LogP contribution < -0.4 is 4.90 Å². The first-order valence-electron chi connectivity index (χ1n) is 11.2. The number of nitrogens with zero attached hydrogens (tertiary/aromatic N) is 1. The molecule has 3 aromatic carbocycles. The summed E-state index contributed by atoms with van der Waals surface area (Å²) in [6, 6.07) is 26.6. The number of rotatable bonds is 10. The predicted molar refractivity (Wildman–Crippen MR) is 128 cm³/mol. The monoisotopic (exact) mass is 385 g/mol. The predicted octanol–water partition coefficient (Wildman–Crippen LogP) is 8.33. The first-order chi connectivity index (χ1) is 14.2. The molecule has 1 heteroatoms. The van der Waals surface area contributed by atoms with Crippen LogP contribution in [-0.4, -0.2) is 7.05 Å². The molecule has 0 N–H and O–H groups in total. The molecule has 0 aromatic heterocycles. The van der Waals surface area contributed by atoms with Gasteiger partial charge in [0.25, 0.3) is 0 Å². The van der Waals surface area contributed by atoms with Gasteiger partial charge in [0.1, 0.15) is 0 Å². The van der Waals surface area contributed by atoms with Gasteiger partial charge >= 0.3 is 0 Å². The lowest BCUT2D eigenvalue weighted by molar-refractivity contribution is 0.607. The van der Waals surface area contributed by atoms with Gasteiger partial charge in [-0.05, 0) is 60.7 Å². The Bertz CT molecular complexity index is 862. The maximum atomic E-state index is 2.35. The highest BCUT2D eigenvalue weighted by molar-refractivity contribution is 5.69. The number of benzene rings is 3. The second kappa shape index (κ2) is 10.9. The van der Waals surface area contributed by atoms with Crippen LogP contribution in [0.25, 0.3) is 11.1 Å². The van der Waals surface area contributed by atoms with E-state index >= 15 is 0 Å². The smallest absolute Gasteiger partial charge is 0.0410 e. The van der Waals surface area contributed by atoms with E-state index in [2.05, 4.69) is 98.6 Å². The normalized spacial score (nSPS) is 10.9. The van der Waals surface area contributed by atoms with Crippen molar-refractivity contribution in [3.8, 4) is 11.1 Å². The molecule has 0 spiro atoms. The Morgan fingerprint density at radius 3 is 1.97 bits per heavy atom. The molecule has 152 valence electrons. The van der Waals surface area contributed by atoms with Crippen molar-refractivity contribution in [2.24, 2.45) is 0 Å². The summed E-state index contributed by atoms with van der Waals surface area (Å²) in [5.74, 6) is 0. The fourth-order valence-electron chi connectivity index (χ4n) is 3.80. The molecule has 0 radical (unpaired) electrons. The van der Waals surface area contributed by atoms with Gasteiger partial charge in [-0.3, -0.25) is 0 Å². The van der Waals surface area contributed by atoms with E-state index in [1.54, 1.807) is 0 Å². The second-order valence-corrected chi connectivity index (χ2v) is 8.16. The molecule has 3 aromatic rings. The van der Waals surface area contributed by atoms with Gasteiger partial charge in [0.15, 0.2) is 0 Å². The molecule has 0 fully saturated rings. The van der Waals surface area contributed by atoms with Gasteiger partial charge in [0.2, 0.25) is 0 Å². The molecule has 0 aliphatic heterocycles. The maximum absolute atomic E-state index is 2.35. The van der Waals surface area contributed by atoms with Gasteiger partial charge in [-0.1, -0.05) is 93.1 Å². The van der Waals surface area contributed by atoms with Crippen molar-refractivity contribution < 1.29 is 0 Å².